The van der Waals surface area contributed by atoms with E-state index in [0.717, 1.165) is 31.6 Å². The molecule has 0 bridgehead atoms. The molecule has 106 valence electrons. The van der Waals surface area contributed by atoms with Crippen molar-refractivity contribution in [1.29, 1.82) is 0 Å². The van der Waals surface area contributed by atoms with E-state index in [9.17, 15) is 13.2 Å². The third-order valence-electron chi connectivity index (χ3n) is 2.95. The Morgan fingerprint density at radius 3 is 2.35 bits per heavy atom. The van der Waals surface area contributed by atoms with E-state index in [1.807, 2.05) is 12.3 Å². The number of fused-ring (bicyclic) bond motifs is 1. The lowest BCUT2D eigenvalue weighted by Crippen LogP contribution is -2.24. The molecule has 0 aliphatic carbocycles. The Morgan fingerprint density at radius 2 is 1.75 bits per heavy atom. The summed E-state index contributed by atoms with van der Waals surface area (Å²) >= 11 is 0. The summed E-state index contributed by atoms with van der Waals surface area (Å²) in [7, 11) is 0. The Morgan fingerprint density at radius 1 is 1.00 bits per heavy atom. The molecule has 1 N–H and O–H groups in total. The lowest BCUT2D eigenvalue weighted by atomic mass is 10.1. The van der Waals surface area contributed by atoms with Gasteiger partial charge in [0.2, 0.25) is 0 Å². The topological polar surface area (TPSA) is 24.9 Å². The van der Waals surface area contributed by atoms with Crippen molar-refractivity contribution < 1.29 is 13.2 Å². The third-order valence-corrected chi connectivity index (χ3v) is 2.95. The second-order valence-electron chi connectivity index (χ2n) is 4.40. The van der Waals surface area contributed by atoms with Crippen molar-refractivity contribution >= 4 is 0 Å². The molecule has 2 nitrogen and oxygen atoms in total. The highest BCUT2D eigenvalue weighted by Gasteiger charge is 2.29. The van der Waals surface area contributed by atoms with E-state index in [1.54, 1.807) is 6.07 Å². The number of nitrogens with one attached hydrogen (secondary N) is 1. The van der Waals surface area contributed by atoms with Crippen molar-refractivity contribution in [3.05, 3.63) is 65.5 Å². The van der Waals surface area contributed by atoms with E-state index in [4.69, 9.17) is 0 Å². The van der Waals surface area contributed by atoms with E-state index in [-0.39, 0.29) is 0 Å². The molecule has 0 atom stereocenters. The van der Waals surface area contributed by atoms with Crippen LogP contribution in [0, 0.1) is 0 Å². The number of pyridine rings is 1. The van der Waals surface area contributed by atoms with Gasteiger partial charge in [0.15, 0.2) is 0 Å². The average Bonchev–Trinajstić information content (AvgIpc) is 2.48. The SMILES string of the molecule is FC(F)(F)c1ccccc1.c1cnc2c(c1)CCNC2. The van der Waals surface area contributed by atoms with Gasteiger partial charge in [-0.25, -0.2) is 0 Å². The van der Waals surface area contributed by atoms with Crippen LogP contribution in [0.4, 0.5) is 13.2 Å². The van der Waals surface area contributed by atoms with Gasteiger partial charge in [-0.05, 0) is 24.6 Å². The molecular weight excluding hydrogens is 265 g/mol. The maximum absolute atomic E-state index is 11.8. The Labute approximate surface area is 115 Å². The minimum absolute atomic E-state index is 0.602. The summed E-state index contributed by atoms with van der Waals surface area (Å²) in [6.07, 6.45) is -1.23. The second-order valence-corrected chi connectivity index (χ2v) is 4.40. The van der Waals surface area contributed by atoms with Gasteiger partial charge in [-0.2, -0.15) is 13.2 Å². The number of alkyl halides is 3. The summed E-state index contributed by atoms with van der Waals surface area (Å²) in [6.45, 7) is 2.04. The maximum Gasteiger partial charge on any atom is 0.416 e. The molecule has 0 saturated heterocycles. The van der Waals surface area contributed by atoms with Crippen molar-refractivity contribution in [3.8, 4) is 0 Å². The molecule has 3 rings (SSSR count). The van der Waals surface area contributed by atoms with Gasteiger partial charge in [0.1, 0.15) is 0 Å². The number of aromatic nitrogens is 1. The molecular formula is C15H15F3N2. The van der Waals surface area contributed by atoms with E-state index in [0.29, 0.717) is 0 Å². The van der Waals surface area contributed by atoms with E-state index >= 15 is 0 Å². The first-order valence-corrected chi connectivity index (χ1v) is 6.33. The van der Waals surface area contributed by atoms with Crippen LogP contribution in [0.15, 0.2) is 48.7 Å². The van der Waals surface area contributed by atoms with Gasteiger partial charge in [0.25, 0.3) is 0 Å². The summed E-state index contributed by atoms with van der Waals surface area (Å²) < 4.78 is 35.4. The zero-order valence-electron chi connectivity index (χ0n) is 10.8. The molecule has 2 heterocycles. The zero-order chi connectivity index (χ0) is 14.4. The quantitative estimate of drug-likeness (QED) is 0.799. The molecule has 0 fully saturated rings. The molecule has 1 aliphatic heterocycles. The van der Waals surface area contributed by atoms with Gasteiger partial charge in [-0.3, -0.25) is 4.98 Å². The highest BCUT2D eigenvalue weighted by atomic mass is 19.4. The molecule has 5 heteroatoms. The summed E-state index contributed by atoms with van der Waals surface area (Å²) in [5.74, 6) is 0. The lowest BCUT2D eigenvalue weighted by Gasteiger charge is -2.14. The van der Waals surface area contributed by atoms with Gasteiger partial charge in [0.05, 0.1) is 11.3 Å². The Kier molecular flexibility index (Phi) is 4.74. The van der Waals surface area contributed by atoms with Gasteiger partial charge in [-0.1, -0.05) is 36.4 Å². The second kappa shape index (κ2) is 6.52. The zero-order valence-corrected chi connectivity index (χ0v) is 10.8. The summed E-state index contributed by atoms with van der Waals surface area (Å²) in [6, 6.07) is 10.5. The maximum atomic E-state index is 11.8. The smallest absolute Gasteiger partial charge is 0.311 e. The molecule has 1 aliphatic rings. The number of hydrogen-bond donors (Lipinski definition) is 1. The number of halogens is 3. The fraction of sp³-hybridized carbons (Fsp3) is 0.267. The van der Waals surface area contributed by atoms with Gasteiger partial charge in [0, 0.05) is 12.7 Å². The van der Waals surface area contributed by atoms with Crippen LogP contribution in [0.1, 0.15) is 16.8 Å². The predicted octanol–water partition coefficient (Wildman–Crippen LogP) is 3.43. The Balaban J connectivity index is 0.000000147. The van der Waals surface area contributed by atoms with E-state index < -0.39 is 11.7 Å². The highest BCUT2D eigenvalue weighted by Crippen LogP contribution is 2.28. The summed E-state index contributed by atoms with van der Waals surface area (Å²) in [4.78, 5) is 4.26. The number of rotatable bonds is 0. The van der Waals surface area contributed by atoms with Gasteiger partial charge in [-0.15, -0.1) is 0 Å². The van der Waals surface area contributed by atoms with Crippen LogP contribution >= 0.6 is 0 Å². The first-order chi connectivity index (χ1) is 9.57. The average molecular weight is 280 g/mol. The van der Waals surface area contributed by atoms with Crippen LogP contribution in [-0.2, 0) is 19.1 Å². The van der Waals surface area contributed by atoms with Crippen molar-refractivity contribution in [2.24, 2.45) is 0 Å². The molecule has 2 aromatic rings. The van der Waals surface area contributed by atoms with Crippen LogP contribution in [0.5, 0.6) is 0 Å². The van der Waals surface area contributed by atoms with Crippen molar-refractivity contribution in [3.63, 3.8) is 0 Å². The van der Waals surface area contributed by atoms with Crippen LogP contribution in [0.25, 0.3) is 0 Å². The summed E-state index contributed by atoms with van der Waals surface area (Å²) in [5, 5.41) is 3.28. The largest absolute Gasteiger partial charge is 0.416 e. The molecule has 1 aromatic carbocycles. The highest BCUT2D eigenvalue weighted by molar-refractivity contribution is 5.21. The number of hydrogen-bond acceptors (Lipinski definition) is 2. The number of nitrogens with zero attached hydrogens (tertiary/aromatic N) is 1. The molecule has 0 unspecified atom stereocenters. The number of benzene rings is 1. The molecule has 0 spiro atoms. The fourth-order valence-electron chi connectivity index (χ4n) is 1.92. The van der Waals surface area contributed by atoms with Crippen molar-refractivity contribution in [1.82, 2.24) is 10.3 Å². The van der Waals surface area contributed by atoms with Crippen LogP contribution < -0.4 is 5.32 Å². The van der Waals surface area contributed by atoms with Crippen LogP contribution in [-0.4, -0.2) is 11.5 Å². The molecule has 0 radical (unpaired) electrons. The van der Waals surface area contributed by atoms with E-state index in [2.05, 4.69) is 16.4 Å². The molecule has 0 saturated carbocycles. The predicted molar refractivity (Wildman–Crippen MR) is 71.1 cm³/mol. The minimum Gasteiger partial charge on any atom is -0.311 e. The standard InChI is InChI=1S/C8H10N2.C7H5F3/c1-2-7-3-5-9-6-8(7)10-4-1;8-7(9,10)6-4-2-1-3-5-6/h1-2,4,9H,3,5-6H2;1-5H. The fourth-order valence-corrected chi connectivity index (χ4v) is 1.92. The third kappa shape index (κ3) is 4.06. The van der Waals surface area contributed by atoms with Gasteiger partial charge < -0.3 is 5.32 Å². The van der Waals surface area contributed by atoms with Crippen molar-refractivity contribution in [2.75, 3.05) is 6.54 Å². The van der Waals surface area contributed by atoms with Crippen LogP contribution in [0.2, 0.25) is 0 Å². The van der Waals surface area contributed by atoms with Crippen LogP contribution in [0.3, 0.4) is 0 Å². The minimum atomic E-state index is -4.21. The molecule has 20 heavy (non-hydrogen) atoms. The first-order valence-electron chi connectivity index (χ1n) is 6.33. The first kappa shape index (κ1) is 14.5. The normalized spacial score (nSPS) is 13.9. The van der Waals surface area contributed by atoms with Crippen molar-refractivity contribution in [2.45, 2.75) is 19.1 Å². The van der Waals surface area contributed by atoms with E-state index in [1.165, 1.54) is 23.4 Å². The Hall–Kier alpha value is -1.88. The lowest BCUT2D eigenvalue weighted by molar-refractivity contribution is -0.137. The molecule has 0 amide bonds. The Bertz CT molecular complexity index is 513. The van der Waals surface area contributed by atoms with Gasteiger partial charge >= 0.3 is 6.18 Å². The molecule has 1 aromatic heterocycles. The summed E-state index contributed by atoms with van der Waals surface area (Å²) in [5.41, 5.74) is 2.02. The monoisotopic (exact) mass is 280 g/mol.